The zero-order valence-corrected chi connectivity index (χ0v) is 13.6. The molecule has 1 aromatic carbocycles. The third kappa shape index (κ3) is 3.65. The molecule has 0 aliphatic carbocycles. The van der Waals surface area contributed by atoms with Crippen LogP contribution < -0.4 is 0 Å². The molecule has 0 saturated carbocycles. The van der Waals surface area contributed by atoms with Gasteiger partial charge in [0.1, 0.15) is 0 Å². The van der Waals surface area contributed by atoms with Crippen molar-refractivity contribution in [1.29, 1.82) is 0 Å². The zero-order chi connectivity index (χ0) is 15.4. The second-order valence-electron chi connectivity index (χ2n) is 4.54. The summed E-state index contributed by atoms with van der Waals surface area (Å²) in [5.41, 5.74) is -0.258. The molecule has 6 nitrogen and oxygen atoms in total. The summed E-state index contributed by atoms with van der Waals surface area (Å²) in [6.45, 7) is 5.76. The van der Waals surface area contributed by atoms with Gasteiger partial charge in [0, 0.05) is 12.1 Å². The predicted molar refractivity (Wildman–Crippen MR) is 78.6 cm³/mol. The van der Waals surface area contributed by atoms with E-state index in [-0.39, 0.29) is 10.6 Å². The summed E-state index contributed by atoms with van der Waals surface area (Å²) in [5.74, 6) is 0. The molecule has 1 aromatic rings. The second kappa shape index (κ2) is 6.46. The lowest BCUT2D eigenvalue weighted by molar-refractivity contribution is -0.385. The van der Waals surface area contributed by atoms with E-state index in [4.69, 9.17) is 3.87 Å². The van der Waals surface area contributed by atoms with Crippen molar-refractivity contribution in [1.82, 2.24) is 0 Å². The molecule has 0 aromatic heterocycles. The molecule has 0 spiro atoms. The Morgan fingerprint density at radius 2 is 1.75 bits per heavy atom. The Morgan fingerprint density at radius 3 is 2.20 bits per heavy atom. The summed E-state index contributed by atoms with van der Waals surface area (Å²) in [6.07, 6.45) is 0. The van der Waals surface area contributed by atoms with Crippen LogP contribution in [0.25, 0.3) is 0 Å². The van der Waals surface area contributed by atoms with Crippen molar-refractivity contribution in [2.45, 2.75) is 43.8 Å². The maximum atomic E-state index is 12.3. The number of rotatable bonds is 7. The molecule has 112 valence electrons. The van der Waals surface area contributed by atoms with E-state index in [1.807, 2.05) is 20.8 Å². The molecule has 0 aliphatic heterocycles. The Hall–Kier alpha value is -1.25. The molecule has 0 unspecified atom stereocenters. The van der Waals surface area contributed by atoms with Crippen LogP contribution in [-0.2, 0) is 14.0 Å². The van der Waals surface area contributed by atoms with Crippen LogP contribution in [0.4, 0.5) is 5.69 Å². The first-order chi connectivity index (χ1) is 9.30. The maximum absolute atomic E-state index is 12.3. The molecule has 0 atom stereocenters. The number of hydrogen-bond donors (Lipinski definition) is 0. The van der Waals surface area contributed by atoms with Crippen molar-refractivity contribution in [3.05, 3.63) is 34.4 Å². The van der Waals surface area contributed by atoms with E-state index in [0.29, 0.717) is 18.1 Å². The van der Waals surface area contributed by atoms with Gasteiger partial charge < -0.3 is 3.87 Å². The van der Waals surface area contributed by atoms with Crippen LogP contribution in [0.15, 0.2) is 29.2 Å². The minimum Gasteiger partial charge on any atom is -0.311 e. The lowest BCUT2D eigenvalue weighted by atomic mass is 10.3. The lowest BCUT2D eigenvalue weighted by Crippen LogP contribution is -2.38. The Morgan fingerprint density at radius 1 is 1.20 bits per heavy atom. The quantitative estimate of drug-likeness (QED) is 0.437. The van der Waals surface area contributed by atoms with Crippen molar-refractivity contribution < 1.29 is 17.2 Å². The van der Waals surface area contributed by atoms with Crippen LogP contribution in [0.3, 0.4) is 0 Å². The summed E-state index contributed by atoms with van der Waals surface area (Å²) >= 11 is 0. The van der Waals surface area contributed by atoms with Crippen molar-refractivity contribution in [3.63, 3.8) is 0 Å². The average Bonchev–Trinajstić information content (AvgIpc) is 2.45. The van der Waals surface area contributed by atoms with Crippen LogP contribution in [0.5, 0.6) is 0 Å². The minimum atomic E-state index is -3.95. The predicted octanol–water partition coefficient (Wildman–Crippen LogP) is 3.31. The van der Waals surface area contributed by atoms with Crippen LogP contribution in [0.2, 0.25) is 18.1 Å². The third-order valence-electron chi connectivity index (χ3n) is 3.54. The topological polar surface area (TPSA) is 86.5 Å². The van der Waals surface area contributed by atoms with E-state index in [2.05, 4.69) is 0 Å². The Bertz CT molecular complexity index is 575. The van der Waals surface area contributed by atoms with Crippen molar-refractivity contribution in [2.24, 2.45) is 0 Å². The van der Waals surface area contributed by atoms with Crippen LogP contribution >= 0.6 is 0 Å². The SMILES string of the molecule is CC[Si](CC)(CC)OS(=O)(=O)c1cccc([N+](=O)[O-])c1. The summed E-state index contributed by atoms with van der Waals surface area (Å²) in [5, 5.41) is 10.7. The van der Waals surface area contributed by atoms with E-state index < -0.39 is 23.4 Å². The van der Waals surface area contributed by atoms with Gasteiger partial charge in [0.15, 0.2) is 0 Å². The van der Waals surface area contributed by atoms with Gasteiger partial charge in [-0.1, -0.05) is 26.8 Å². The van der Waals surface area contributed by atoms with E-state index in [9.17, 15) is 18.5 Å². The average molecular weight is 317 g/mol. The molecule has 0 radical (unpaired) electrons. The Labute approximate surface area is 120 Å². The van der Waals surface area contributed by atoms with Crippen LogP contribution in [0.1, 0.15) is 20.8 Å². The van der Waals surface area contributed by atoms with Gasteiger partial charge in [-0.05, 0) is 24.2 Å². The number of nitrogens with zero attached hydrogens (tertiary/aromatic N) is 1. The molecular weight excluding hydrogens is 298 g/mol. The fraction of sp³-hybridized carbons (Fsp3) is 0.500. The summed E-state index contributed by atoms with van der Waals surface area (Å²) in [4.78, 5) is 9.94. The van der Waals surface area contributed by atoms with Crippen molar-refractivity contribution in [2.75, 3.05) is 0 Å². The van der Waals surface area contributed by atoms with Crippen molar-refractivity contribution in [3.8, 4) is 0 Å². The molecule has 0 aliphatic rings. The monoisotopic (exact) mass is 317 g/mol. The first-order valence-corrected chi connectivity index (χ1v) is 10.4. The highest BCUT2D eigenvalue weighted by molar-refractivity contribution is 7.87. The van der Waals surface area contributed by atoms with E-state index >= 15 is 0 Å². The number of benzene rings is 1. The largest absolute Gasteiger partial charge is 0.311 e. The van der Waals surface area contributed by atoms with Gasteiger partial charge in [-0.25, -0.2) is 0 Å². The molecule has 0 heterocycles. The van der Waals surface area contributed by atoms with Gasteiger partial charge in [-0.3, -0.25) is 10.1 Å². The van der Waals surface area contributed by atoms with Crippen LogP contribution in [-0.4, -0.2) is 21.7 Å². The maximum Gasteiger partial charge on any atom is 0.287 e. The molecule has 20 heavy (non-hydrogen) atoms. The van der Waals surface area contributed by atoms with Gasteiger partial charge in [0.25, 0.3) is 15.8 Å². The fourth-order valence-electron chi connectivity index (χ4n) is 1.96. The smallest absolute Gasteiger partial charge is 0.287 e. The minimum absolute atomic E-state index is 0.154. The molecular formula is C12H19NO5SSi. The van der Waals surface area contributed by atoms with Crippen molar-refractivity contribution >= 4 is 24.1 Å². The normalized spacial score (nSPS) is 12.3. The van der Waals surface area contributed by atoms with Gasteiger partial charge in [-0.15, -0.1) is 0 Å². The lowest BCUT2D eigenvalue weighted by Gasteiger charge is -2.26. The van der Waals surface area contributed by atoms with Gasteiger partial charge in [-0.2, -0.15) is 8.42 Å². The summed E-state index contributed by atoms with van der Waals surface area (Å²) < 4.78 is 30.1. The number of non-ortho nitro benzene ring substituents is 1. The summed E-state index contributed by atoms with van der Waals surface area (Å²) in [6, 6.07) is 7.03. The molecule has 0 saturated heterocycles. The molecule has 0 bridgehead atoms. The zero-order valence-electron chi connectivity index (χ0n) is 11.8. The van der Waals surface area contributed by atoms with Gasteiger partial charge in [0.05, 0.1) is 9.82 Å². The highest BCUT2D eigenvalue weighted by Gasteiger charge is 2.35. The number of nitro groups is 1. The number of nitro benzene ring substituents is 1. The first-order valence-electron chi connectivity index (χ1n) is 6.50. The standard InChI is InChI=1S/C12H19NO5SSi/c1-4-20(5-2,6-3)18-19(16,17)12-9-7-8-11(10-12)13(14)15/h7-10H,4-6H2,1-3H3. The Kier molecular flexibility index (Phi) is 5.43. The highest BCUT2D eigenvalue weighted by Crippen LogP contribution is 2.28. The van der Waals surface area contributed by atoms with Gasteiger partial charge in [0.2, 0.25) is 8.32 Å². The summed E-state index contributed by atoms with van der Waals surface area (Å²) in [7, 11) is -6.29. The van der Waals surface area contributed by atoms with E-state index in [0.717, 1.165) is 6.07 Å². The number of hydrogen-bond acceptors (Lipinski definition) is 5. The fourth-order valence-corrected chi connectivity index (χ4v) is 7.63. The molecule has 1 rings (SSSR count). The van der Waals surface area contributed by atoms with E-state index in [1.54, 1.807) is 0 Å². The Balaban J connectivity index is 3.17. The molecule has 0 fully saturated rings. The second-order valence-corrected chi connectivity index (χ2v) is 11.1. The molecule has 8 heteroatoms. The van der Waals surface area contributed by atoms with Crippen LogP contribution in [0, 0.1) is 10.1 Å². The third-order valence-corrected chi connectivity index (χ3v) is 10.5. The van der Waals surface area contributed by atoms with Gasteiger partial charge >= 0.3 is 0 Å². The molecule has 0 amide bonds. The highest BCUT2D eigenvalue weighted by atomic mass is 32.2. The molecule has 0 N–H and O–H groups in total. The first kappa shape index (κ1) is 16.8. The van der Waals surface area contributed by atoms with E-state index in [1.165, 1.54) is 18.2 Å².